The van der Waals surface area contributed by atoms with Crippen molar-refractivity contribution in [3.63, 3.8) is 0 Å². The van der Waals surface area contributed by atoms with Gasteiger partial charge >= 0.3 is 6.18 Å². The van der Waals surface area contributed by atoms with Gasteiger partial charge in [0.25, 0.3) is 5.19 Å². The van der Waals surface area contributed by atoms with Gasteiger partial charge in [-0.25, -0.2) is 4.98 Å². The Labute approximate surface area is 169 Å². The lowest BCUT2D eigenvalue weighted by molar-refractivity contribution is -0.153. The highest BCUT2D eigenvalue weighted by Crippen LogP contribution is 2.50. The van der Waals surface area contributed by atoms with Crippen molar-refractivity contribution < 1.29 is 22.7 Å². The topological polar surface area (TPSA) is 56.2 Å². The number of benzene rings is 1. The van der Waals surface area contributed by atoms with Crippen LogP contribution in [0.2, 0.25) is 0 Å². The van der Waals surface area contributed by atoms with Crippen LogP contribution >= 0.6 is 11.3 Å². The van der Waals surface area contributed by atoms with Crippen molar-refractivity contribution in [2.75, 3.05) is 6.61 Å². The van der Waals surface area contributed by atoms with E-state index in [2.05, 4.69) is 37.9 Å². The first-order valence-electron chi connectivity index (χ1n) is 9.22. The van der Waals surface area contributed by atoms with Gasteiger partial charge in [0.2, 0.25) is 5.91 Å². The predicted molar refractivity (Wildman–Crippen MR) is 104 cm³/mol. The average Bonchev–Trinajstić information content (AvgIpc) is 3.19. The van der Waals surface area contributed by atoms with Crippen LogP contribution in [0.15, 0.2) is 36.7 Å². The molecule has 5 nitrogen and oxygen atoms in total. The fraction of sp³-hybridized carbons (Fsp3) is 0.400. The van der Waals surface area contributed by atoms with E-state index >= 15 is 0 Å². The fourth-order valence-electron chi connectivity index (χ4n) is 3.57. The minimum absolute atomic E-state index is 0.0541. The zero-order valence-corrected chi connectivity index (χ0v) is 16.7. The number of fused-ring (bicyclic) bond motifs is 1. The summed E-state index contributed by atoms with van der Waals surface area (Å²) in [7, 11) is 1.99. The van der Waals surface area contributed by atoms with Gasteiger partial charge in [-0.05, 0) is 30.9 Å². The van der Waals surface area contributed by atoms with Crippen LogP contribution in [0.1, 0.15) is 35.7 Å². The van der Waals surface area contributed by atoms with Crippen LogP contribution in [0.25, 0.3) is 10.9 Å². The quantitative estimate of drug-likeness (QED) is 0.633. The highest BCUT2D eigenvalue weighted by molar-refractivity contribution is 7.13. The number of nitrogens with one attached hydrogen (secondary N) is 1. The Morgan fingerprint density at radius 3 is 2.93 bits per heavy atom. The van der Waals surface area contributed by atoms with E-state index in [0.29, 0.717) is 4.88 Å². The lowest BCUT2D eigenvalue weighted by Gasteiger charge is -2.11. The van der Waals surface area contributed by atoms with Crippen LogP contribution < -0.4 is 10.1 Å². The molecular weight excluding hydrogens is 403 g/mol. The maximum atomic E-state index is 12.7. The molecule has 4 rings (SSSR count). The number of rotatable bonds is 6. The zero-order chi connectivity index (χ0) is 20.8. The lowest BCUT2D eigenvalue weighted by atomic mass is 10.1. The fourth-order valence-corrected chi connectivity index (χ4v) is 4.33. The molecule has 1 aliphatic carbocycles. The molecule has 1 unspecified atom stereocenters. The lowest BCUT2D eigenvalue weighted by Crippen LogP contribution is -2.27. The Hall–Kier alpha value is -2.55. The van der Waals surface area contributed by atoms with Crippen LogP contribution in [0, 0.1) is 5.92 Å². The summed E-state index contributed by atoms with van der Waals surface area (Å²) in [6.07, 6.45) is -0.0979. The number of para-hydroxylation sites is 1. The average molecular weight is 423 g/mol. The van der Waals surface area contributed by atoms with Gasteiger partial charge in [0.15, 0.2) is 6.61 Å². The van der Waals surface area contributed by atoms with Crippen LogP contribution in [-0.4, -0.2) is 28.2 Å². The maximum absolute atomic E-state index is 12.7. The number of carbonyl (C=O) groups excluding carboxylic acids is 1. The van der Waals surface area contributed by atoms with Crippen molar-refractivity contribution in [3.05, 3.63) is 47.1 Å². The molecule has 0 bridgehead atoms. The van der Waals surface area contributed by atoms with Gasteiger partial charge in [-0.2, -0.15) is 13.2 Å². The molecule has 1 N–H and O–H groups in total. The summed E-state index contributed by atoms with van der Waals surface area (Å²) in [4.78, 5) is 17.2. The van der Waals surface area contributed by atoms with E-state index in [0.717, 1.165) is 28.7 Å². The van der Waals surface area contributed by atoms with Gasteiger partial charge in [-0.1, -0.05) is 29.5 Å². The van der Waals surface area contributed by atoms with Crippen LogP contribution in [0.4, 0.5) is 13.2 Å². The number of carbonyl (C=O) groups is 1. The zero-order valence-electron chi connectivity index (χ0n) is 15.9. The third-order valence-electron chi connectivity index (χ3n) is 5.10. The third-order valence-corrected chi connectivity index (χ3v) is 6.19. The molecule has 9 heteroatoms. The molecular formula is C20H20F3N3O2S. The molecule has 2 heterocycles. The largest absolute Gasteiger partial charge is 0.460 e. The Kier molecular flexibility index (Phi) is 5.02. The van der Waals surface area contributed by atoms with E-state index in [-0.39, 0.29) is 29.0 Å². The summed E-state index contributed by atoms with van der Waals surface area (Å²) in [5.74, 6) is 0.0270. The highest BCUT2D eigenvalue weighted by Gasteiger charge is 2.45. The molecule has 3 aromatic rings. The standard InChI is InChI=1S/C20H20F3N3O2S/c1-11(17-8-24-19(29-17)28-10-20(21,22)23)25-18(27)14-7-13(14)15-9-26(2)16-6-4-3-5-12(15)16/h3-6,8-9,11,13-14H,7,10H2,1-2H3,(H,25,27)/t11?,13-,14-/m1/s1. The molecule has 2 aromatic heterocycles. The molecule has 3 atom stereocenters. The summed E-state index contributed by atoms with van der Waals surface area (Å²) in [5, 5.41) is 4.05. The number of aromatic nitrogens is 2. The number of aryl methyl sites for hydroxylation is 1. The number of amides is 1. The molecule has 1 fully saturated rings. The Bertz CT molecular complexity index is 1040. The molecule has 1 aromatic carbocycles. The van der Waals surface area contributed by atoms with E-state index in [9.17, 15) is 18.0 Å². The monoisotopic (exact) mass is 423 g/mol. The normalized spacial score (nSPS) is 19.9. The summed E-state index contributed by atoms with van der Waals surface area (Å²) in [6.45, 7) is 0.406. The number of nitrogens with zero attached hydrogens (tertiary/aromatic N) is 2. The third kappa shape index (κ3) is 4.24. The molecule has 0 radical (unpaired) electrons. The molecule has 0 saturated heterocycles. The molecule has 29 heavy (non-hydrogen) atoms. The van der Waals surface area contributed by atoms with Crippen LogP contribution in [0.5, 0.6) is 5.19 Å². The molecule has 0 spiro atoms. The Morgan fingerprint density at radius 1 is 1.41 bits per heavy atom. The molecule has 154 valence electrons. The maximum Gasteiger partial charge on any atom is 0.422 e. The first-order chi connectivity index (χ1) is 13.7. The number of alkyl halides is 3. The van der Waals surface area contributed by atoms with Gasteiger partial charge < -0.3 is 14.6 Å². The first kappa shape index (κ1) is 19.8. The Balaban J connectivity index is 1.37. The minimum atomic E-state index is -4.41. The summed E-state index contributed by atoms with van der Waals surface area (Å²) < 4.78 is 43.5. The van der Waals surface area contributed by atoms with Crippen molar-refractivity contribution in [2.24, 2.45) is 13.0 Å². The van der Waals surface area contributed by atoms with Gasteiger partial charge in [-0.15, -0.1) is 0 Å². The Morgan fingerprint density at radius 2 is 2.17 bits per heavy atom. The van der Waals surface area contributed by atoms with Crippen LogP contribution in [-0.2, 0) is 11.8 Å². The second-order valence-corrected chi connectivity index (χ2v) is 8.35. The smallest absolute Gasteiger partial charge is 0.422 e. The van der Waals surface area contributed by atoms with Crippen molar-refractivity contribution in [2.45, 2.75) is 31.5 Å². The van der Waals surface area contributed by atoms with Gasteiger partial charge in [-0.3, -0.25) is 4.79 Å². The van der Waals surface area contributed by atoms with E-state index in [1.54, 1.807) is 6.92 Å². The molecule has 0 aliphatic heterocycles. The van der Waals surface area contributed by atoms with Crippen molar-refractivity contribution >= 4 is 28.1 Å². The number of hydrogen-bond acceptors (Lipinski definition) is 4. The first-order valence-corrected chi connectivity index (χ1v) is 10.0. The van der Waals surface area contributed by atoms with Gasteiger partial charge in [0.1, 0.15) is 0 Å². The van der Waals surface area contributed by atoms with E-state index < -0.39 is 12.8 Å². The summed E-state index contributed by atoms with van der Waals surface area (Å²) in [5.41, 5.74) is 2.31. The predicted octanol–water partition coefficient (Wildman–Crippen LogP) is 4.56. The number of thiazole rings is 1. The number of ether oxygens (including phenoxy) is 1. The van der Waals surface area contributed by atoms with Gasteiger partial charge in [0.05, 0.1) is 10.9 Å². The van der Waals surface area contributed by atoms with Crippen molar-refractivity contribution in [3.8, 4) is 5.19 Å². The molecule has 1 aliphatic rings. The van der Waals surface area contributed by atoms with E-state index in [1.807, 2.05) is 19.2 Å². The number of halogens is 3. The van der Waals surface area contributed by atoms with Gasteiger partial charge in [0, 0.05) is 36.3 Å². The molecule has 1 saturated carbocycles. The van der Waals surface area contributed by atoms with E-state index in [4.69, 9.17) is 0 Å². The van der Waals surface area contributed by atoms with Crippen molar-refractivity contribution in [1.29, 1.82) is 0 Å². The van der Waals surface area contributed by atoms with Crippen LogP contribution in [0.3, 0.4) is 0 Å². The van der Waals surface area contributed by atoms with Crippen molar-refractivity contribution in [1.82, 2.24) is 14.9 Å². The SMILES string of the molecule is CC(NC(=O)[C@@H]1C[C@H]1c1cn(C)c2ccccc12)c1cnc(OCC(F)(F)F)s1. The highest BCUT2D eigenvalue weighted by atomic mass is 32.1. The second kappa shape index (κ2) is 7.37. The summed E-state index contributed by atoms with van der Waals surface area (Å²) in [6, 6.07) is 7.76. The minimum Gasteiger partial charge on any atom is -0.460 e. The second-order valence-electron chi connectivity index (χ2n) is 7.32. The number of hydrogen-bond donors (Lipinski definition) is 1. The molecule has 1 amide bonds. The summed E-state index contributed by atoms with van der Waals surface area (Å²) >= 11 is 1.01. The van der Waals surface area contributed by atoms with E-state index in [1.165, 1.54) is 11.8 Å².